The van der Waals surface area contributed by atoms with Crippen LogP contribution in [0.3, 0.4) is 0 Å². The number of nitrogens with two attached hydrogens (primary N) is 1. The molecular weight excluding hydrogens is 204 g/mol. The van der Waals surface area contributed by atoms with Crippen molar-refractivity contribution < 1.29 is 0 Å². The largest absolute Gasteiger partial charge is 0.397 e. The van der Waals surface area contributed by atoms with E-state index < -0.39 is 0 Å². The predicted molar refractivity (Wildman–Crippen MR) is 60.2 cm³/mol. The Labute approximate surface area is 91.1 Å². The highest BCUT2D eigenvalue weighted by molar-refractivity contribution is 5.89. The first-order valence-electron chi connectivity index (χ1n) is 4.87. The molecule has 0 bridgehead atoms. The van der Waals surface area contributed by atoms with Crippen LogP contribution >= 0.6 is 0 Å². The van der Waals surface area contributed by atoms with Gasteiger partial charge in [-0.1, -0.05) is 0 Å². The lowest BCUT2D eigenvalue weighted by atomic mass is 10.3. The molecule has 0 aliphatic carbocycles. The van der Waals surface area contributed by atoms with Crippen molar-refractivity contribution >= 4 is 16.7 Å². The summed E-state index contributed by atoms with van der Waals surface area (Å²) in [5, 5.41) is 11.1. The van der Waals surface area contributed by atoms with Crippen LogP contribution in [0, 0.1) is 6.92 Å². The van der Waals surface area contributed by atoms with Gasteiger partial charge in [0, 0.05) is 12.3 Å². The summed E-state index contributed by atoms with van der Waals surface area (Å²) in [6, 6.07) is 3.59. The third kappa shape index (κ3) is 1.10. The molecule has 0 fully saturated rings. The Kier molecular flexibility index (Phi) is 1.70. The monoisotopic (exact) mass is 214 g/mol. The molecule has 0 unspecified atom stereocenters. The normalized spacial score (nSPS) is 11.1. The topological polar surface area (TPSA) is 85.4 Å². The van der Waals surface area contributed by atoms with Gasteiger partial charge < -0.3 is 5.73 Å². The molecule has 80 valence electrons. The standard InChI is InChI=1S/C10H10N6/c1-6-9-10(7(11)2-4-12-9)16(15-6)8-3-5-13-14-8/h2-5H,1H3,(H2,11,12)(H,13,14). The highest BCUT2D eigenvalue weighted by atomic mass is 15.4. The Morgan fingerprint density at radius 3 is 2.94 bits per heavy atom. The van der Waals surface area contributed by atoms with Gasteiger partial charge in [0.25, 0.3) is 0 Å². The molecule has 0 atom stereocenters. The highest BCUT2D eigenvalue weighted by Crippen LogP contribution is 2.23. The number of H-pyrrole nitrogens is 1. The Morgan fingerprint density at radius 1 is 1.31 bits per heavy atom. The van der Waals surface area contributed by atoms with Gasteiger partial charge in [-0.05, 0) is 13.0 Å². The number of rotatable bonds is 1. The van der Waals surface area contributed by atoms with Crippen LogP contribution in [0.1, 0.15) is 5.69 Å². The molecule has 6 heteroatoms. The molecule has 3 aromatic heterocycles. The molecule has 16 heavy (non-hydrogen) atoms. The summed E-state index contributed by atoms with van der Waals surface area (Å²) >= 11 is 0. The van der Waals surface area contributed by atoms with E-state index in [9.17, 15) is 0 Å². The smallest absolute Gasteiger partial charge is 0.150 e. The summed E-state index contributed by atoms with van der Waals surface area (Å²) < 4.78 is 1.72. The molecule has 0 spiro atoms. The van der Waals surface area contributed by atoms with E-state index in [2.05, 4.69) is 20.3 Å². The van der Waals surface area contributed by atoms with E-state index in [-0.39, 0.29) is 0 Å². The SMILES string of the molecule is Cc1nn(-c2ccn[nH]2)c2c(N)ccnc12. The minimum atomic E-state index is 0.653. The van der Waals surface area contributed by atoms with E-state index in [0.29, 0.717) is 5.69 Å². The second kappa shape index (κ2) is 3.06. The zero-order valence-electron chi connectivity index (χ0n) is 8.68. The first-order chi connectivity index (χ1) is 7.77. The van der Waals surface area contributed by atoms with Gasteiger partial charge in [0.05, 0.1) is 17.6 Å². The average molecular weight is 214 g/mol. The number of fused-ring (bicyclic) bond motifs is 1. The zero-order chi connectivity index (χ0) is 11.1. The molecule has 0 saturated heterocycles. The van der Waals surface area contributed by atoms with E-state index in [1.54, 1.807) is 23.1 Å². The van der Waals surface area contributed by atoms with Gasteiger partial charge in [-0.2, -0.15) is 10.2 Å². The number of anilines is 1. The van der Waals surface area contributed by atoms with Gasteiger partial charge in [0.2, 0.25) is 0 Å². The number of hydrogen-bond acceptors (Lipinski definition) is 4. The third-order valence-corrected chi connectivity index (χ3v) is 2.47. The zero-order valence-corrected chi connectivity index (χ0v) is 8.68. The van der Waals surface area contributed by atoms with Crippen molar-refractivity contribution in [2.45, 2.75) is 6.92 Å². The summed E-state index contributed by atoms with van der Waals surface area (Å²) in [5.74, 6) is 0.776. The first-order valence-corrected chi connectivity index (χ1v) is 4.87. The van der Waals surface area contributed by atoms with Crippen molar-refractivity contribution in [1.29, 1.82) is 0 Å². The van der Waals surface area contributed by atoms with Crippen LogP contribution in [-0.2, 0) is 0 Å². The average Bonchev–Trinajstić information content (AvgIpc) is 2.87. The lowest BCUT2D eigenvalue weighted by Gasteiger charge is -2.00. The highest BCUT2D eigenvalue weighted by Gasteiger charge is 2.12. The van der Waals surface area contributed by atoms with E-state index in [1.165, 1.54) is 0 Å². The number of nitrogens with zero attached hydrogens (tertiary/aromatic N) is 4. The summed E-state index contributed by atoms with van der Waals surface area (Å²) in [4.78, 5) is 4.27. The molecule has 0 radical (unpaired) electrons. The van der Waals surface area contributed by atoms with Crippen molar-refractivity contribution in [1.82, 2.24) is 25.0 Å². The van der Waals surface area contributed by atoms with E-state index in [4.69, 9.17) is 5.73 Å². The van der Waals surface area contributed by atoms with Crippen LogP contribution in [0.25, 0.3) is 16.9 Å². The number of aryl methyl sites for hydroxylation is 1. The number of aromatic nitrogens is 5. The quantitative estimate of drug-likeness (QED) is 0.633. The Hall–Kier alpha value is -2.37. The minimum absolute atomic E-state index is 0.653. The van der Waals surface area contributed by atoms with Crippen LogP contribution in [0.5, 0.6) is 0 Å². The van der Waals surface area contributed by atoms with Crippen molar-refractivity contribution in [2.75, 3.05) is 5.73 Å². The predicted octanol–water partition coefficient (Wildman–Crippen LogP) is 1.03. The van der Waals surface area contributed by atoms with Gasteiger partial charge >= 0.3 is 0 Å². The van der Waals surface area contributed by atoms with Crippen LogP contribution < -0.4 is 5.73 Å². The Morgan fingerprint density at radius 2 is 2.19 bits per heavy atom. The van der Waals surface area contributed by atoms with Crippen molar-refractivity contribution in [3.05, 3.63) is 30.2 Å². The van der Waals surface area contributed by atoms with Crippen molar-refractivity contribution in [3.63, 3.8) is 0 Å². The van der Waals surface area contributed by atoms with Crippen LogP contribution in [0.2, 0.25) is 0 Å². The van der Waals surface area contributed by atoms with E-state index in [0.717, 1.165) is 22.5 Å². The van der Waals surface area contributed by atoms with E-state index >= 15 is 0 Å². The molecule has 3 heterocycles. The first kappa shape index (κ1) is 8.90. The van der Waals surface area contributed by atoms with E-state index in [1.807, 2.05) is 13.0 Å². The molecule has 0 aliphatic heterocycles. The molecule has 0 aliphatic rings. The molecule has 3 aromatic rings. The minimum Gasteiger partial charge on any atom is -0.397 e. The number of nitrogens with one attached hydrogen (secondary N) is 1. The van der Waals surface area contributed by atoms with Gasteiger partial charge in [-0.3, -0.25) is 10.1 Å². The van der Waals surface area contributed by atoms with Gasteiger partial charge in [-0.25, -0.2) is 4.68 Å². The second-order valence-electron chi connectivity index (χ2n) is 3.54. The lowest BCUT2D eigenvalue weighted by Crippen LogP contribution is -1.99. The van der Waals surface area contributed by atoms with Gasteiger partial charge in [0.15, 0.2) is 0 Å². The fourth-order valence-electron chi connectivity index (χ4n) is 1.74. The fourth-order valence-corrected chi connectivity index (χ4v) is 1.74. The number of nitrogen functional groups attached to an aromatic ring is 1. The molecule has 3 rings (SSSR count). The summed E-state index contributed by atoms with van der Waals surface area (Å²) in [5.41, 5.74) is 9.06. The maximum atomic E-state index is 5.94. The number of hydrogen-bond donors (Lipinski definition) is 2. The lowest BCUT2D eigenvalue weighted by molar-refractivity contribution is 0.847. The Balaban J connectivity index is 2.42. The van der Waals surface area contributed by atoms with Crippen molar-refractivity contribution in [3.8, 4) is 5.82 Å². The van der Waals surface area contributed by atoms with Crippen LogP contribution in [0.15, 0.2) is 24.5 Å². The molecule has 3 N–H and O–H groups in total. The molecule has 0 amide bonds. The van der Waals surface area contributed by atoms with Crippen LogP contribution in [0.4, 0.5) is 5.69 Å². The molecular formula is C10H10N6. The van der Waals surface area contributed by atoms with Gasteiger partial charge in [-0.15, -0.1) is 0 Å². The summed E-state index contributed by atoms with van der Waals surface area (Å²) in [6.07, 6.45) is 3.36. The Bertz CT molecular complexity index is 637. The molecule has 0 aromatic carbocycles. The molecule has 6 nitrogen and oxygen atoms in total. The summed E-state index contributed by atoms with van der Waals surface area (Å²) in [7, 11) is 0. The number of aromatic amines is 1. The second-order valence-corrected chi connectivity index (χ2v) is 3.54. The van der Waals surface area contributed by atoms with Gasteiger partial charge in [0.1, 0.15) is 16.9 Å². The van der Waals surface area contributed by atoms with Crippen molar-refractivity contribution in [2.24, 2.45) is 0 Å². The maximum Gasteiger partial charge on any atom is 0.150 e. The number of pyridine rings is 1. The molecule has 0 saturated carbocycles. The fraction of sp³-hybridized carbons (Fsp3) is 0.100. The third-order valence-electron chi connectivity index (χ3n) is 2.47. The summed E-state index contributed by atoms with van der Waals surface area (Å²) in [6.45, 7) is 1.90. The maximum absolute atomic E-state index is 5.94. The van der Waals surface area contributed by atoms with Crippen LogP contribution in [-0.4, -0.2) is 25.0 Å².